The lowest BCUT2D eigenvalue weighted by Crippen LogP contribution is -2.32. The van der Waals surface area contributed by atoms with Gasteiger partial charge in [-0.25, -0.2) is 4.39 Å². The summed E-state index contributed by atoms with van der Waals surface area (Å²) < 4.78 is 15.0. The van der Waals surface area contributed by atoms with Gasteiger partial charge in [0.25, 0.3) is 5.91 Å². The number of hydrogen-bond donors (Lipinski definition) is 1. The first-order valence-corrected chi connectivity index (χ1v) is 9.48. The fourth-order valence-corrected chi connectivity index (χ4v) is 4.01. The summed E-state index contributed by atoms with van der Waals surface area (Å²) in [5, 5.41) is 7.92. The van der Waals surface area contributed by atoms with Crippen LogP contribution in [0.1, 0.15) is 41.4 Å². The summed E-state index contributed by atoms with van der Waals surface area (Å²) in [5.74, 6) is 0.240. The Balaban J connectivity index is 1.35. The molecule has 0 bridgehead atoms. The van der Waals surface area contributed by atoms with Gasteiger partial charge >= 0.3 is 0 Å². The van der Waals surface area contributed by atoms with Crippen LogP contribution >= 0.6 is 0 Å². The topological polar surface area (TPSA) is 50.2 Å². The summed E-state index contributed by atoms with van der Waals surface area (Å²) in [7, 11) is 0. The van der Waals surface area contributed by atoms with Gasteiger partial charge in [-0.15, -0.1) is 0 Å². The lowest BCUT2D eigenvalue weighted by molar-refractivity contribution is 0.0779. The number of piperidine rings is 1. The second-order valence-corrected chi connectivity index (χ2v) is 7.42. The second-order valence-electron chi connectivity index (χ2n) is 7.42. The summed E-state index contributed by atoms with van der Waals surface area (Å²) in [4.78, 5) is 14.7. The first-order chi connectivity index (χ1) is 12.7. The number of carbonyl (C=O) groups excluding carboxylic acids is 1. The number of rotatable bonds is 4. The molecule has 2 saturated heterocycles. The molecule has 6 heteroatoms. The molecule has 1 aromatic heterocycles. The number of likely N-dealkylation sites (tertiary alicyclic amines) is 1. The van der Waals surface area contributed by atoms with Gasteiger partial charge in [-0.1, -0.05) is 12.1 Å². The van der Waals surface area contributed by atoms with Crippen LogP contribution < -0.4 is 5.32 Å². The van der Waals surface area contributed by atoms with Crippen molar-refractivity contribution >= 4 is 5.91 Å². The van der Waals surface area contributed by atoms with E-state index in [2.05, 4.69) is 10.4 Å². The molecule has 0 radical (unpaired) electrons. The van der Waals surface area contributed by atoms with Crippen LogP contribution in [0.5, 0.6) is 0 Å². The summed E-state index contributed by atoms with van der Waals surface area (Å²) in [6.07, 6.45) is 6.04. The Morgan fingerprint density at radius 3 is 2.85 bits per heavy atom. The molecule has 2 aromatic rings. The van der Waals surface area contributed by atoms with Crippen molar-refractivity contribution in [1.29, 1.82) is 0 Å². The van der Waals surface area contributed by atoms with Crippen molar-refractivity contribution in [2.24, 2.45) is 5.92 Å². The third kappa shape index (κ3) is 3.80. The van der Waals surface area contributed by atoms with Gasteiger partial charge in [-0.05, 0) is 61.9 Å². The highest BCUT2D eigenvalue weighted by molar-refractivity contribution is 5.92. The van der Waals surface area contributed by atoms with E-state index in [0.717, 1.165) is 57.4 Å². The van der Waals surface area contributed by atoms with E-state index in [0.29, 0.717) is 17.7 Å². The molecule has 3 heterocycles. The number of hydrogen-bond acceptors (Lipinski definition) is 3. The summed E-state index contributed by atoms with van der Waals surface area (Å²) >= 11 is 0. The van der Waals surface area contributed by atoms with Gasteiger partial charge in [-0.3, -0.25) is 9.48 Å². The molecule has 2 unspecified atom stereocenters. The molecule has 1 amide bonds. The van der Waals surface area contributed by atoms with Crippen LogP contribution in [0.2, 0.25) is 0 Å². The first kappa shape index (κ1) is 17.2. The smallest absolute Gasteiger partial charge is 0.274 e. The molecule has 0 saturated carbocycles. The minimum absolute atomic E-state index is 0.0223. The average Bonchev–Trinajstić information content (AvgIpc) is 3.34. The van der Waals surface area contributed by atoms with Crippen LogP contribution in [0.4, 0.5) is 4.39 Å². The fourth-order valence-electron chi connectivity index (χ4n) is 4.01. The number of halogens is 1. The highest BCUT2D eigenvalue weighted by Crippen LogP contribution is 2.23. The van der Waals surface area contributed by atoms with Gasteiger partial charge < -0.3 is 10.2 Å². The van der Waals surface area contributed by atoms with E-state index in [1.54, 1.807) is 0 Å². The van der Waals surface area contributed by atoms with Crippen molar-refractivity contribution in [2.45, 2.75) is 31.7 Å². The number of nitrogens with zero attached hydrogens (tertiary/aromatic N) is 3. The lowest BCUT2D eigenvalue weighted by Gasteiger charge is -2.23. The standard InChI is InChI=1S/C20H25FN4O/c21-17-5-3-15(4-6-17)12-16-7-10-24(14-16)20(26)19-8-11-25(23-19)18-2-1-9-22-13-18/h3-6,8,11,16,18,22H,1-2,7,9-10,12-14H2. The normalized spacial score (nSPS) is 23.3. The van der Waals surface area contributed by atoms with Crippen molar-refractivity contribution < 1.29 is 9.18 Å². The second kappa shape index (κ2) is 7.58. The Hall–Kier alpha value is -2.21. The van der Waals surface area contributed by atoms with E-state index in [-0.39, 0.29) is 11.7 Å². The van der Waals surface area contributed by atoms with Crippen LogP contribution in [0, 0.1) is 11.7 Å². The maximum absolute atomic E-state index is 13.0. The van der Waals surface area contributed by atoms with E-state index in [4.69, 9.17) is 0 Å². The van der Waals surface area contributed by atoms with Gasteiger partial charge in [0.2, 0.25) is 0 Å². The number of carbonyl (C=O) groups is 1. The molecule has 2 aliphatic heterocycles. The van der Waals surface area contributed by atoms with Crippen molar-refractivity contribution in [2.75, 3.05) is 26.2 Å². The SMILES string of the molecule is O=C(c1ccn(C2CCCNC2)n1)N1CCC(Cc2ccc(F)cc2)C1. The van der Waals surface area contributed by atoms with Crippen molar-refractivity contribution in [3.63, 3.8) is 0 Å². The Morgan fingerprint density at radius 1 is 1.23 bits per heavy atom. The van der Waals surface area contributed by atoms with Crippen LogP contribution in [0.3, 0.4) is 0 Å². The average molecular weight is 356 g/mol. The van der Waals surface area contributed by atoms with Gasteiger partial charge in [0, 0.05) is 25.8 Å². The quantitative estimate of drug-likeness (QED) is 0.916. The summed E-state index contributed by atoms with van der Waals surface area (Å²) in [6, 6.07) is 8.85. The maximum Gasteiger partial charge on any atom is 0.274 e. The molecule has 2 fully saturated rings. The number of nitrogens with one attached hydrogen (secondary N) is 1. The van der Waals surface area contributed by atoms with E-state index >= 15 is 0 Å². The van der Waals surface area contributed by atoms with Gasteiger partial charge in [0.15, 0.2) is 0 Å². The molecule has 5 nitrogen and oxygen atoms in total. The van der Waals surface area contributed by atoms with Gasteiger partial charge in [-0.2, -0.15) is 5.10 Å². The molecule has 138 valence electrons. The molecular formula is C20H25FN4O. The fraction of sp³-hybridized carbons (Fsp3) is 0.500. The molecular weight excluding hydrogens is 331 g/mol. The molecule has 0 spiro atoms. The van der Waals surface area contributed by atoms with E-state index in [9.17, 15) is 9.18 Å². The number of aromatic nitrogens is 2. The van der Waals surface area contributed by atoms with Crippen LogP contribution in [-0.4, -0.2) is 46.8 Å². The summed E-state index contributed by atoms with van der Waals surface area (Å²) in [5.41, 5.74) is 1.66. The Labute approximate surface area is 153 Å². The van der Waals surface area contributed by atoms with Crippen molar-refractivity contribution in [3.05, 3.63) is 53.6 Å². The Kier molecular flexibility index (Phi) is 5.02. The third-order valence-electron chi connectivity index (χ3n) is 5.48. The monoisotopic (exact) mass is 356 g/mol. The van der Waals surface area contributed by atoms with Gasteiger partial charge in [0.05, 0.1) is 6.04 Å². The molecule has 1 aromatic carbocycles. The third-order valence-corrected chi connectivity index (χ3v) is 5.48. The van der Waals surface area contributed by atoms with Crippen LogP contribution in [0.25, 0.3) is 0 Å². The highest BCUT2D eigenvalue weighted by atomic mass is 19.1. The number of amides is 1. The number of benzene rings is 1. The molecule has 1 N–H and O–H groups in total. The predicted molar refractivity (Wildman–Crippen MR) is 97.5 cm³/mol. The van der Waals surface area contributed by atoms with Crippen LogP contribution in [0.15, 0.2) is 36.5 Å². The molecule has 0 aliphatic carbocycles. The Morgan fingerprint density at radius 2 is 2.08 bits per heavy atom. The predicted octanol–water partition coefficient (Wildman–Crippen LogP) is 2.65. The zero-order chi connectivity index (χ0) is 17.9. The molecule has 2 aliphatic rings. The molecule has 26 heavy (non-hydrogen) atoms. The first-order valence-electron chi connectivity index (χ1n) is 9.48. The van der Waals surface area contributed by atoms with E-state index in [1.165, 1.54) is 12.1 Å². The lowest BCUT2D eigenvalue weighted by atomic mass is 9.99. The minimum Gasteiger partial charge on any atom is -0.337 e. The summed E-state index contributed by atoms with van der Waals surface area (Å²) in [6.45, 7) is 3.49. The van der Waals surface area contributed by atoms with Crippen molar-refractivity contribution in [1.82, 2.24) is 20.0 Å². The van der Waals surface area contributed by atoms with E-state index < -0.39 is 0 Å². The zero-order valence-corrected chi connectivity index (χ0v) is 14.9. The minimum atomic E-state index is -0.208. The highest BCUT2D eigenvalue weighted by Gasteiger charge is 2.28. The Bertz CT molecular complexity index is 751. The van der Waals surface area contributed by atoms with Crippen LogP contribution in [-0.2, 0) is 6.42 Å². The largest absolute Gasteiger partial charge is 0.337 e. The maximum atomic E-state index is 13.0. The molecule has 2 atom stereocenters. The van der Waals surface area contributed by atoms with Crippen molar-refractivity contribution in [3.8, 4) is 0 Å². The molecule has 4 rings (SSSR count). The van der Waals surface area contributed by atoms with E-state index in [1.807, 2.05) is 34.0 Å². The van der Waals surface area contributed by atoms with Gasteiger partial charge in [0.1, 0.15) is 11.5 Å². The zero-order valence-electron chi connectivity index (χ0n) is 14.9.